The molecule has 1 saturated carbocycles. The summed E-state index contributed by atoms with van der Waals surface area (Å²) in [7, 11) is 0. The second-order valence-corrected chi connectivity index (χ2v) is 8.68. The molecule has 11 nitrogen and oxygen atoms in total. The topological polar surface area (TPSA) is 136 Å². The predicted molar refractivity (Wildman–Crippen MR) is 114 cm³/mol. The second-order valence-electron chi connectivity index (χ2n) is 8.68. The maximum atomic E-state index is 13.5. The van der Waals surface area contributed by atoms with Crippen LogP contribution in [0.1, 0.15) is 17.5 Å². The van der Waals surface area contributed by atoms with Crippen LogP contribution in [-0.2, 0) is 39.9 Å². The molecule has 6 unspecified atom stereocenters. The summed E-state index contributed by atoms with van der Waals surface area (Å²) in [6.07, 6.45) is 1.06. The first kappa shape index (κ1) is 23.2. The van der Waals surface area contributed by atoms with Crippen molar-refractivity contribution in [1.29, 1.82) is 0 Å². The smallest absolute Gasteiger partial charge is 0.327 e. The van der Waals surface area contributed by atoms with Crippen LogP contribution >= 0.6 is 0 Å². The number of nitrogens with one attached hydrogen (secondary N) is 1. The van der Waals surface area contributed by atoms with Gasteiger partial charge < -0.3 is 34.5 Å². The fraction of sp³-hybridized carbons (Fsp3) is 0.565. The van der Waals surface area contributed by atoms with Gasteiger partial charge in [-0.1, -0.05) is 24.3 Å². The molecular weight excluding hydrogens is 448 g/mol. The van der Waals surface area contributed by atoms with E-state index in [9.17, 15) is 14.7 Å². The Morgan fingerprint density at radius 2 is 2.06 bits per heavy atom. The Balaban J connectivity index is 1.47. The number of carbonyl (C=O) groups excluding carboxylic acids is 2. The minimum atomic E-state index is -1.24. The largest absolute Gasteiger partial charge is 0.499 e. The number of rotatable bonds is 9. The molecule has 4 fully saturated rings. The molecule has 1 amide bonds. The molecule has 0 spiro atoms. The molecule has 0 aromatic heterocycles. The van der Waals surface area contributed by atoms with E-state index in [0.717, 1.165) is 11.1 Å². The van der Waals surface area contributed by atoms with E-state index in [0.29, 0.717) is 0 Å². The maximum absolute atomic E-state index is 13.5. The number of aliphatic hydroxyl groups excluding tert-OH is 2. The number of hydrogen-bond donors (Lipinski definition) is 3. The summed E-state index contributed by atoms with van der Waals surface area (Å²) in [6.45, 7) is 0.166. The minimum Gasteiger partial charge on any atom is -0.499 e. The number of hydrogen-bond acceptors (Lipinski definition) is 10. The maximum Gasteiger partial charge on any atom is 0.327 e. The lowest BCUT2D eigenvalue weighted by Gasteiger charge is -2.48. The van der Waals surface area contributed by atoms with Crippen molar-refractivity contribution >= 4 is 18.0 Å². The van der Waals surface area contributed by atoms with Crippen molar-refractivity contribution in [3.63, 3.8) is 0 Å². The zero-order chi connectivity index (χ0) is 23.7. The Morgan fingerprint density at radius 3 is 2.88 bits per heavy atom. The normalized spacial score (nSPS) is 34.2. The second kappa shape index (κ2) is 9.61. The van der Waals surface area contributed by atoms with Crippen molar-refractivity contribution in [2.75, 3.05) is 33.2 Å². The molecule has 1 aromatic rings. The van der Waals surface area contributed by atoms with E-state index in [1.54, 1.807) is 6.08 Å². The molecule has 1 aliphatic carbocycles. The molecule has 11 heteroatoms. The molecule has 3 saturated heterocycles. The highest BCUT2D eigenvalue weighted by atomic mass is 16.8. The fourth-order valence-electron chi connectivity index (χ4n) is 5.42. The van der Waals surface area contributed by atoms with E-state index in [1.807, 2.05) is 24.3 Å². The summed E-state index contributed by atoms with van der Waals surface area (Å²) in [5, 5.41) is 22.4. The van der Waals surface area contributed by atoms with Crippen LogP contribution in [0.25, 0.3) is 6.08 Å². The van der Waals surface area contributed by atoms with Crippen LogP contribution in [0.15, 0.2) is 30.5 Å². The number of esters is 1. The average molecular weight is 476 g/mol. The van der Waals surface area contributed by atoms with E-state index in [-0.39, 0.29) is 52.0 Å². The Bertz CT molecular complexity index is 956. The molecule has 6 atom stereocenters. The summed E-state index contributed by atoms with van der Waals surface area (Å²) in [5.41, 5.74) is 0.433. The molecule has 184 valence electrons. The zero-order valence-electron chi connectivity index (χ0n) is 18.5. The summed E-state index contributed by atoms with van der Waals surface area (Å²) in [6, 6.07) is 6.54. The van der Waals surface area contributed by atoms with Gasteiger partial charge in [-0.25, -0.2) is 0 Å². The standard InChI is InChI=1S/C23H28N2O9/c26-7-6-24-22(29)23-11-16-17-18(32-13-31-17)20(23)34-25(19(23)21(28)33-16)12-15-4-2-1-3-14(15)5-9-30-10-8-27/h1-5,9,16-20,26-27H,6-8,10-13H2,(H,24,29). The molecule has 3 N–H and O–H groups in total. The highest BCUT2D eigenvalue weighted by Crippen LogP contribution is 2.55. The molecule has 5 rings (SSSR count). The predicted octanol–water partition coefficient (Wildman–Crippen LogP) is -0.684. The van der Waals surface area contributed by atoms with Crippen molar-refractivity contribution in [2.45, 2.75) is 43.4 Å². The zero-order valence-corrected chi connectivity index (χ0v) is 18.5. The highest BCUT2D eigenvalue weighted by molar-refractivity contribution is 5.93. The molecule has 4 aliphatic rings. The molecule has 2 bridgehead atoms. The quantitative estimate of drug-likeness (QED) is 0.239. The van der Waals surface area contributed by atoms with Gasteiger partial charge in [0, 0.05) is 13.0 Å². The molecule has 1 aromatic carbocycles. The van der Waals surface area contributed by atoms with Gasteiger partial charge in [0.25, 0.3) is 0 Å². The van der Waals surface area contributed by atoms with Crippen molar-refractivity contribution in [3.8, 4) is 0 Å². The number of ether oxygens (including phenoxy) is 4. The third kappa shape index (κ3) is 3.78. The SMILES string of the molecule is O=C1OC2CC3(C(=O)NCCO)C(ON(Cc4ccccc4C=COCCO)C13)C1OCOC21. The monoisotopic (exact) mass is 476 g/mol. The lowest BCUT2D eigenvalue weighted by Crippen LogP contribution is -2.69. The number of fused-ring (bicyclic) bond motifs is 4. The van der Waals surface area contributed by atoms with Crippen LogP contribution in [0.3, 0.4) is 0 Å². The van der Waals surface area contributed by atoms with Gasteiger partial charge in [-0.15, -0.1) is 0 Å². The third-order valence-corrected chi connectivity index (χ3v) is 6.83. The van der Waals surface area contributed by atoms with Crippen molar-refractivity contribution < 1.29 is 43.6 Å². The first-order chi connectivity index (χ1) is 16.6. The number of amides is 1. The van der Waals surface area contributed by atoms with Gasteiger partial charge >= 0.3 is 5.97 Å². The lowest BCUT2D eigenvalue weighted by molar-refractivity contribution is -0.201. The van der Waals surface area contributed by atoms with Gasteiger partial charge in [0.15, 0.2) is 6.04 Å². The van der Waals surface area contributed by atoms with Crippen LogP contribution in [0.2, 0.25) is 0 Å². The van der Waals surface area contributed by atoms with Gasteiger partial charge in [0.1, 0.15) is 43.2 Å². The fourth-order valence-corrected chi connectivity index (χ4v) is 5.42. The summed E-state index contributed by atoms with van der Waals surface area (Å²) in [4.78, 5) is 33.0. The summed E-state index contributed by atoms with van der Waals surface area (Å²) >= 11 is 0. The van der Waals surface area contributed by atoms with Crippen LogP contribution in [-0.4, -0.2) is 90.8 Å². The molecular formula is C23H28N2O9. The number of carbonyl (C=O) groups is 2. The van der Waals surface area contributed by atoms with E-state index < -0.39 is 41.8 Å². The Labute approximate surface area is 196 Å². The van der Waals surface area contributed by atoms with E-state index in [4.69, 9.17) is 28.9 Å². The number of nitrogens with zero attached hydrogens (tertiary/aromatic N) is 1. The van der Waals surface area contributed by atoms with Crippen LogP contribution < -0.4 is 5.32 Å². The first-order valence-corrected chi connectivity index (χ1v) is 11.3. The summed E-state index contributed by atoms with van der Waals surface area (Å²) in [5.74, 6) is -0.925. The average Bonchev–Trinajstić information content (AvgIpc) is 3.46. The van der Waals surface area contributed by atoms with E-state index in [1.165, 1.54) is 11.3 Å². The van der Waals surface area contributed by atoms with Crippen LogP contribution in [0, 0.1) is 5.41 Å². The van der Waals surface area contributed by atoms with Gasteiger partial charge in [0.2, 0.25) is 5.91 Å². The number of aliphatic hydroxyl groups is 2. The van der Waals surface area contributed by atoms with Gasteiger partial charge in [-0.2, -0.15) is 5.06 Å². The molecule has 3 aliphatic heterocycles. The Kier molecular flexibility index (Phi) is 6.56. The van der Waals surface area contributed by atoms with Crippen molar-refractivity contribution in [2.24, 2.45) is 5.41 Å². The third-order valence-electron chi connectivity index (χ3n) is 6.83. The van der Waals surface area contributed by atoms with Crippen LogP contribution in [0.4, 0.5) is 0 Å². The molecule has 34 heavy (non-hydrogen) atoms. The van der Waals surface area contributed by atoms with Crippen LogP contribution in [0.5, 0.6) is 0 Å². The van der Waals surface area contributed by atoms with E-state index >= 15 is 0 Å². The number of hydroxylamine groups is 2. The first-order valence-electron chi connectivity index (χ1n) is 11.3. The lowest BCUT2D eigenvalue weighted by atomic mass is 9.62. The minimum absolute atomic E-state index is 0.0315. The van der Waals surface area contributed by atoms with Crippen molar-refractivity contribution in [1.82, 2.24) is 10.4 Å². The Morgan fingerprint density at radius 1 is 1.24 bits per heavy atom. The van der Waals surface area contributed by atoms with Crippen molar-refractivity contribution in [3.05, 3.63) is 41.7 Å². The van der Waals surface area contributed by atoms with Gasteiger partial charge in [-0.05, 0) is 17.2 Å². The van der Waals surface area contributed by atoms with E-state index in [2.05, 4.69) is 5.32 Å². The van der Waals surface area contributed by atoms with Gasteiger partial charge in [-0.3, -0.25) is 14.4 Å². The van der Waals surface area contributed by atoms with Gasteiger partial charge in [0.05, 0.1) is 26.0 Å². The molecule has 0 radical (unpaired) electrons. The highest BCUT2D eigenvalue weighted by Gasteiger charge is 2.74. The molecule has 3 heterocycles. The Hall–Kier alpha value is -2.54. The number of benzene rings is 1. The summed E-state index contributed by atoms with van der Waals surface area (Å²) < 4.78 is 22.4.